The molecule has 0 atom stereocenters. The fraction of sp³-hybridized carbons (Fsp3) is 0.368. The number of anilines is 1. The van der Waals surface area contributed by atoms with Crippen LogP contribution in [-0.4, -0.2) is 44.2 Å². The van der Waals surface area contributed by atoms with Gasteiger partial charge in [0.15, 0.2) is 0 Å². The van der Waals surface area contributed by atoms with Crippen molar-refractivity contribution in [2.75, 3.05) is 38.3 Å². The summed E-state index contributed by atoms with van der Waals surface area (Å²) in [5.74, 6) is 1.49. The molecule has 0 spiro atoms. The van der Waals surface area contributed by atoms with Crippen molar-refractivity contribution in [2.24, 2.45) is 0 Å². The number of ether oxygens (including phenoxy) is 2. The smallest absolute Gasteiger partial charge is 0.221 e. The lowest BCUT2D eigenvalue weighted by Crippen LogP contribution is -2.28. The molecule has 0 bridgehead atoms. The van der Waals surface area contributed by atoms with Gasteiger partial charge in [-0.3, -0.25) is 4.79 Å². The van der Waals surface area contributed by atoms with Crippen LogP contribution < -0.4 is 19.7 Å². The van der Waals surface area contributed by atoms with Gasteiger partial charge in [-0.05, 0) is 37.3 Å². The number of methoxy groups -OCH3 is 1. The average molecular weight is 341 g/mol. The van der Waals surface area contributed by atoms with Crippen molar-refractivity contribution in [3.63, 3.8) is 0 Å². The van der Waals surface area contributed by atoms with Crippen LogP contribution in [0.1, 0.15) is 13.3 Å². The van der Waals surface area contributed by atoms with E-state index in [1.165, 1.54) is 0 Å². The summed E-state index contributed by atoms with van der Waals surface area (Å²) < 4.78 is 10.8. The van der Waals surface area contributed by atoms with Crippen molar-refractivity contribution in [1.29, 1.82) is 0 Å². The third kappa shape index (κ3) is 4.02. The summed E-state index contributed by atoms with van der Waals surface area (Å²) in [7, 11) is 1.61. The van der Waals surface area contributed by atoms with Gasteiger partial charge >= 0.3 is 0 Å². The molecule has 25 heavy (non-hydrogen) atoms. The van der Waals surface area contributed by atoms with E-state index in [-0.39, 0.29) is 5.91 Å². The highest BCUT2D eigenvalue weighted by atomic mass is 16.5. The number of carbonyl (C=O) groups excluding carboxylic acids is 1. The maximum absolute atomic E-state index is 11.6. The van der Waals surface area contributed by atoms with Gasteiger partial charge in [-0.15, -0.1) is 0 Å². The molecule has 1 saturated heterocycles. The molecule has 0 saturated carbocycles. The molecule has 1 aliphatic rings. The molecule has 132 valence electrons. The molecule has 6 nitrogen and oxygen atoms in total. The minimum atomic E-state index is 0.0894. The molecular weight excluding hydrogens is 318 g/mol. The highest BCUT2D eigenvalue weighted by molar-refractivity contribution is 5.79. The minimum absolute atomic E-state index is 0.0894. The number of amides is 1. The molecule has 6 heteroatoms. The molecule has 0 unspecified atom stereocenters. The van der Waals surface area contributed by atoms with Gasteiger partial charge in [0, 0.05) is 37.7 Å². The molecule has 3 rings (SSSR count). The Morgan fingerprint density at radius 1 is 1.16 bits per heavy atom. The average Bonchev–Trinajstić information content (AvgIpc) is 2.87. The van der Waals surface area contributed by atoms with Crippen LogP contribution in [0.4, 0.5) is 5.69 Å². The number of aromatic nitrogens is 1. The SMILES string of the molecule is CCOc1ccc(-c2nc(OC)ccc2N2CCNC(=O)CC2)cc1. The van der Waals surface area contributed by atoms with Crippen LogP contribution in [0.3, 0.4) is 0 Å². The monoisotopic (exact) mass is 341 g/mol. The molecule has 2 aromatic rings. The van der Waals surface area contributed by atoms with Gasteiger partial charge in [0.25, 0.3) is 0 Å². The standard InChI is InChI=1S/C19H23N3O3/c1-3-25-15-6-4-14(5-7-15)19-16(8-9-18(21-19)24-2)22-12-10-17(23)20-11-13-22/h4-9H,3,10-13H2,1-2H3,(H,20,23). The Kier molecular flexibility index (Phi) is 5.38. The zero-order valence-electron chi connectivity index (χ0n) is 14.6. The number of nitrogens with zero attached hydrogens (tertiary/aromatic N) is 2. The van der Waals surface area contributed by atoms with E-state index in [1.807, 2.05) is 43.3 Å². The molecule has 1 N–H and O–H groups in total. The van der Waals surface area contributed by atoms with Gasteiger partial charge in [0.2, 0.25) is 11.8 Å². The van der Waals surface area contributed by atoms with E-state index < -0.39 is 0 Å². The fourth-order valence-corrected chi connectivity index (χ4v) is 2.90. The largest absolute Gasteiger partial charge is 0.494 e. The number of rotatable bonds is 5. The molecule has 1 aromatic heterocycles. The number of benzene rings is 1. The summed E-state index contributed by atoms with van der Waals surface area (Å²) in [6.07, 6.45) is 0.481. The fourth-order valence-electron chi connectivity index (χ4n) is 2.90. The van der Waals surface area contributed by atoms with Crippen molar-refractivity contribution in [3.05, 3.63) is 36.4 Å². The van der Waals surface area contributed by atoms with E-state index in [0.29, 0.717) is 32.0 Å². The van der Waals surface area contributed by atoms with Gasteiger partial charge < -0.3 is 19.7 Å². The van der Waals surface area contributed by atoms with Crippen molar-refractivity contribution in [1.82, 2.24) is 10.3 Å². The van der Waals surface area contributed by atoms with Gasteiger partial charge in [-0.25, -0.2) is 4.98 Å². The Bertz CT molecular complexity index is 731. The van der Waals surface area contributed by atoms with Gasteiger partial charge in [0.05, 0.1) is 25.1 Å². The van der Waals surface area contributed by atoms with Crippen molar-refractivity contribution < 1.29 is 14.3 Å². The van der Waals surface area contributed by atoms with Gasteiger partial charge in [-0.1, -0.05) is 0 Å². The predicted molar refractivity (Wildman–Crippen MR) is 97.2 cm³/mol. The molecular formula is C19H23N3O3. The summed E-state index contributed by atoms with van der Waals surface area (Å²) >= 11 is 0. The van der Waals surface area contributed by atoms with E-state index in [1.54, 1.807) is 7.11 Å². The third-order valence-corrected chi connectivity index (χ3v) is 4.15. The molecule has 0 aliphatic carbocycles. The maximum atomic E-state index is 11.6. The third-order valence-electron chi connectivity index (χ3n) is 4.15. The molecule has 1 aromatic carbocycles. The maximum Gasteiger partial charge on any atom is 0.221 e. The lowest BCUT2D eigenvalue weighted by molar-refractivity contribution is -0.120. The van der Waals surface area contributed by atoms with Crippen molar-refractivity contribution in [3.8, 4) is 22.9 Å². The van der Waals surface area contributed by atoms with Crippen molar-refractivity contribution in [2.45, 2.75) is 13.3 Å². The second-order valence-electron chi connectivity index (χ2n) is 5.77. The first kappa shape index (κ1) is 17.1. The Labute approximate surface area is 147 Å². The van der Waals surface area contributed by atoms with E-state index in [4.69, 9.17) is 9.47 Å². The number of hydrogen-bond acceptors (Lipinski definition) is 5. The highest BCUT2D eigenvalue weighted by Gasteiger charge is 2.19. The van der Waals surface area contributed by atoms with E-state index in [9.17, 15) is 4.79 Å². The number of hydrogen-bond donors (Lipinski definition) is 1. The zero-order valence-corrected chi connectivity index (χ0v) is 14.6. The lowest BCUT2D eigenvalue weighted by atomic mass is 10.1. The van der Waals surface area contributed by atoms with E-state index in [0.717, 1.165) is 29.2 Å². The summed E-state index contributed by atoms with van der Waals surface area (Å²) in [4.78, 5) is 18.5. The first-order valence-corrected chi connectivity index (χ1v) is 8.51. The Morgan fingerprint density at radius 2 is 1.96 bits per heavy atom. The number of nitrogens with one attached hydrogen (secondary N) is 1. The quantitative estimate of drug-likeness (QED) is 0.905. The van der Waals surface area contributed by atoms with Crippen molar-refractivity contribution >= 4 is 11.6 Å². The molecule has 2 heterocycles. The molecule has 1 fully saturated rings. The van der Waals surface area contributed by atoms with Crippen LogP contribution in [0.15, 0.2) is 36.4 Å². The van der Waals surface area contributed by atoms with E-state index in [2.05, 4.69) is 15.2 Å². The summed E-state index contributed by atoms with van der Waals surface area (Å²) in [5.41, 5.74) is 2.83. The minimum Gasteiger partial charge on any atom is -0.494 e. The number of pyridine rings is 1. The van der Waals surface area contributed by atoms with Gasteiger partial charge in [-0.2, -0.15) is 0 Å². The summed E-state index contributed by atoms with van der Waals surface area (Å²) in [6, 6.07) is 11.7. The predicted octanol–water partition coefficient (Wildman–Crippen LogP) is 2.48. The highest BCUT2D eigenvalue weighted by Crippen LogP contribution is 2.32. The van der Waals surface area contributed by atoms with Crippen LogP contribution in [0.5, 0.6) is 11.6 Å². The Morgan fingerprint density at radius 3 is 2.68 bits per heavy atom. The Hall–Kier alpha value is -2.76. The summed E-state index contributed by atoms with van der Waals surface area (Å²) in [6.45, 7) is 4.66. The number of carbonyl (C=O) groups is 1. The first-order chi connectivity index (χ1) is 12.2. The van der Waals surface area contributed by atoms with E-state index >= 15 is 0 Å². The van der Waals surface area contributed by atoms with Crippen LogP contribution in [0.25, 0.3) is 11.3 Å². The topological polar surface area (TPSA) is 63.7 Å². The van der Waals surface area contributed by atoms with Crippen LogP contribution >= 0.6 is 0 Å². The molecule has 0 radical (unpaired) electrons. The van der Waals surface area contributed by atoms with Gasteiger partial charge in [0.1, 0.15) is 5.75 Å². The first-order valence-electron chi connectivity index (χ1n) is 8.51. The van der Waals surface area contributed by atoms with Crippen LogP contribution in [-0.2, 0) is 4.79 Å². The second kappa shape index (κ2) is 7.88. The Balaban J connectivity index is 1.96. The molecule has 1 aliphatic heterocycles. The normalized spacial score (nSPS) is 14.6. The van der Waals surface area contributed by atoms with Crippen LogP contribution in [0.2, 0.25) is 0 Å². The zero-order chi connectivity index (χ0) is 17.6. The lowest BCUT2D eigenvalue weighted by Gasteiger charge is -2.24. The van der Waals surface area contributed by atoms with Crippen LogP contribution in [0, 0.1) is 0 Å². The second-order valence-corrected chi connectivity index (χ2v) is 5.77. The summed E-state index contributed by atoms with van der Waals surface area (Å²) in [5, 5.41) is 2.91. The molecule has 1 amide bonds.